The molecule has 154 valence electrons. The van der Waals surface area contributed by atoms with E-state index >= 15 is 0 Å². The lowest BCUT2D eigenvalue weighted by Gasteiger charge is -2.16. The number of unbranched alkanes of at least 4 members (excludes halogenated alkanes) is 1. The predicted molar refractivity (Wildman–Crippen MR) is 121 cm³/mol. The second kappa shape index (κ2) is 9.59. The lowest BCUT2D eigenvalue weighted by molar-refractivity contribution is 0.0814. The standard InChI is InChI=1S/C23H25ClO4S/c1-4-6-9-15(5-2)13-27-23(26)28-21-14(3)12-17(24)19-20(25)16-10-7-8-11-18(16)29-22(19)21/h7-8,10-12,15H,4-6,9,13H2,1-3H3. The van der Waals surface area contributed by atoms with Crippen molar-refractivity contribution in [2.75, 3.05) is 6.61 Å². The number of carbonyl (C=O) groups excluding carboxylic acids is 1. The van der Waals surface area contributed by atoms with Crippen molar-refractivity contribution < 1.29 is 14.3 Å². The number of rotatable bonds is 7. The molecule has 0 bridgehead atoms. The molecule has 1 unspecified atom stereocenters. The summed E-state index contributed by atoms with van der Waals surface area (Å²) < 4.78 is 12.3. The Hall–Kier alpha value is -2.11. The Morgan fingerprint density at radius 1 is 1.24 bits per heavy atom. The largest absolute Gasteiger partial charge is 0.513 e. The van der Waals surface area contributed by atoms with Crippen LogP contribution in [0, 0.1) is 12.8 Å². The molecule has 0 amide bonds. The summed E-state index contributed by atoms with van der Waals surface area (Å²) in [5.41, 5.74) is 0.520. The van der Waals surface area contributed by atoms with Crippen molar-refractivity contribution in [2.45, 2.75) is 46.5 Å². The van der Waals surface area contributed by atoms with E-state index in [1.165, 1.54) is 11.3 Å². The van der Waals surface area contributed by atoms with Crippen LogP contribution in [0.5, 0.6) is 5.75 Å². The van der Waals surface area contributed by atoms with Crippen LogP contribution in [0.4, 0.5) is 4.79 Å². The summed E-state index contributed by atoms with van der Waals surface area (Å²) in [7, 11) is 0. The number of benzene rings is 2. The zero-order valence-corrected chi connectivity index (χ0v) is 18.5. The Labute approximate surface area is 179 Å². The number of carbonyl (C=O) groups is 1. The molecule has 0 aliphatic rings. The van der Waals surface area contributed by atoms with Gasteiger partial charge in [-0.25, -0.2) is 4.79 Å². The fraction of sp³-hybridized carbons (Fsp3) is 0.391. The van der Waals surface area contributed by atoms with Crippen molar-refractivity contribution in [3.63, 3.8) is 0 Å². The molecule has 1 atom stereocenters. The van der Waals surface area contributed by atoms with Crippen LogP contribution in [0.1, 0.15) is 45.1 Å². The van der Waals surface area contributed by atoms with Crippen LogP contribution in [-0.4, -0.2) is 12.8 Å². The fourth-order valence-electron chi connectivity index (χ4n) is 3.35. The molecule has 4 nitrogen and oxygen atoms in total. The molecule has 1 aromatic heterocycles. The number of halogens is 1. The molecule has 0 spiro atoms. The van der Waals surface area contributed by atoms with E-state index in [4.69, 9.17) is 21.1 Å². The van der Waals surface area contributed by atoms with Crippen LogP contribution in [0.15, 0.2) is 35.1 Å². The van der Waals surface area contributed by atoms with Gasteiger partial charge in [0.2, 0.25) is 0 Å². The van der Waals surface area contributed by atoms with Crippen LogP contribution in [0.25, 0.3) is 20.2 Å². The highest BCUT2D eigenvalue weighted by Gasteiger charge is 2.19. The van der Waals surface area contributed by atoms with Gasteiger partial charge in [0.05, 0.1) is 21.7 Å². The first-order valence-electron chi connectivity index (χ1n) is 9.95. The zero-order chi connectivity index (χ0) is 21.0. The third-order valence-corrected chi connectivity index (χ3v) is 6.58. The average molecular weight is 433 g/mol. The van der Waals surface area contributed by atoms with Crippen molar-refractivity contribution in [3.05, 3.63) is 51.1 Å². The molecule has 3 aromatic rings. The first-order valence-corrected chi connectivity index (χ1v) is 11.1. The van der Waals surface area contributed by atoms with E-state index in [-0.39, 0.29) is 5.43 Å². The number of ether oxygens (including phenoxy) is 2. The molecule has 2 aromatic carbocycles. The molecule has 29 heavy (non-hydrogen) atoms. The van der Waals surface area contributed by atoms with Gasteiger partial charge in [-0.2, -0.15) is 0 Å². The summed E-state index contributed by atoms with van der Waals surface area (Å²) in [4.78, 5) is 25.3. The maximum absolute atomic E-state index is 13.0. The van der Waals surface area contributed by atoms with Gasteiger partial charge < -0.3 is 9.47 Å². The quantitative estimate of drug-likeness (QED) is 0.227. The smallest absolute Gasteiger partial charge is 0.434 e. The predicted octanol–water partition coefficient (Wildman–Crippen LogP) is 7.11. The van der Waals surface area contributed by atoms with Crippen LogP contribution >= 0.6 is 22.9 Å². The maximum atomic E-state index is 13.0. The van der Waals surface area contributed by atoms with Gasteiger partial charge in [-0.05, 0) is 43.0 Å². The summed E-state index contributed by atoms with van der Waals surface area (Å²) in [6.45, 7) is 6.37. The van der Waals surface area contributed by atoms with Crippen molar-refractivity contribution in [1.82, 2.24) is 0 Å². The molecule has 0 fully saturated rings. The summed E-state index contributed by atoms with van der Waals surface area (Å²) in [6, 6.07) is 9.00. The van der Waals surface area contributed by atoms with Gasteiger partial charge in [-0.15, -0.1) is 11.3 Å². The minimum Gasteiger partial charge on any atom is -0.434 e. The van der Waals surface area contributed by atoms with Crippen molar-refractivity contribution >= 4 is 49.3 Å². The third-order valence-electron chi connectivity index (χ3n) is 5.11. The number of hydrogen-bond donors (Lipinski definition) is 0. The van der Waals surface area contributed by atoms with Gasteiger partial charge in [-0.1, -0.05) is 56.8 Å². The zero-order valence-electron chi connectivity index (χ0n) is 16.9. The van der Waals surface area contributed by atoms with Gasteiger partial charge in [0, 0.05) is 10.1 Å². The molecule has 0 aliphatic heterocycles. The van der Waals surface area contributed by atoms with E-state index < -0.39 is 6.16 Å². The summed E-state index contributed by atoms with van der Waals surface area (Å²) in [5, 5.41) is 1.33. The Balaban J connectivity index is 1.93. The fourth-order valence-corrected chi connectivity index (χ4v) is 4.99. The lowest BCUT2D eigenvalue weighted by atomic mass is 10.0. The Morgan fingerprint density at radius 2 is 2.00 bits per heavy atom. The van der Waals surface area contributed by atoms with E-state index in [1.54, 1.807) is 19.1 Å². The van der Waals surface area contributed by atoms with Crippen molar-refractivity contribution in [3.8, 4) is 5.75 Å². The molecular weight excluding hydrogens is 408 g/mol. The molecule has 3 rings (SSSR count). The number of aryl methyl sites for hydroxylation is 1. The van der Waals surface area contributed by atoms with E-state index in [0.717, 1.165) is 30.4 Å². The monoisotopic (exact) mass is 432 g/mol. The Morgan fingerprint density at radius 3 is 2.72 bits per heavy atom. The first-order chi connectivity index (χ1) is 14.0. The maximum Gasteiger partial charge on any atom is 0.513 e. The second-order valence-corrected chi connectivity index (χ2v) is 8.67. The van der Waals surface area contributed by atoms with E-state index in [9.17, 15) is 9.59 Å². The third kappa shape index (κ3) is 4.73. The summed E-state index contributed by atoms with van der Waals surface area (Å²) in [5.74, 6) is 0.661. The minimum atomic E-state index is -0.750. The van der Waals surface area contributed by atoms with Crippen LogP contribution in [0.2, 0.25) is 5.02 Å². The van der Waals surface area contributed by atoms with Crippen LogP contribution in [0.3, 0.4) is 0 Å². The molecule has 0 radical (unpaired) electrons. The van der Waals surface area contributed by atoms with Crippen molar-refractivity contribution in [2.24, 2.45) is 5.92 Å². The summed E-state index contributed by atoms with van der Waals surface area (Å²) in [6.07, 6.45) is 3.45. The topological polar surface area (TPSA) is 52.6 Å². The Bertz CT molecular complexity index is 1090. The van der Waals surface area contributed by atoms with Gasteiger partial charge in [-0.3, -0.25) is 4.79 Å². The van der Waals surface area contributed by atoms with Crippen LogP contribution in [-0.2, 0) is 4.74 Å². The van der Waals surface area contributed by atoms with E-state index in [0.29, 0.717) is 44.3 Å². The SMILES string of the molecule is CCCCC(CC)COC(=O)Oc1c(C)cc(Cl)c2c(=O)c3ccccc3sc12. The highest BCUT2D eigenvalue weighted by atomic mass is 35.5. The summed E-state index contributed by atoms with van der Waals surface area (Å²) >= 11 is 7.77. The van der Waals surface area contributed by atoms with Gasteiger partial charge in [0.15, 0.2) is 11.2 Å². The van der Waals surface area contributed by atoms with Gasteiger partial charge >= 0.3 is 6.16 Å². The molecule has 1 heterocycles. The lowest BCUT2D eigenvalue weighted by Crippen LogP contribution is -2.17. The highest BCUT2D eigenvalue weighted by molar-refractivity contribution is 7.25. The molecule has 0 saturated heterocycles. The number of fused-ring (bicyclic) bond motifs is 2. The van der Waals surface area contributed by atoms with Gasteiger partial charge in [0.25, 0.3) is 0 Å². The van der Waals surface area contributed by atoms with E-state index in [1.807, 2.05) is 18.2 Å². The van der Waals surface area contributed by atoms with Crippen molar-refractivity contribution in [1.29, 1.82) is 0 Å². The average Bonchev–Trinajstić information content (AvgIpc) is 2.71. The van der Waals surface area contributed by atoms with Crippen LogP contribution < -0.4 is 10.2 Å². The Kier molecular flexibility index (Phi) is 7.14. The molecule has 0 N–H and O–H groups in total. The normalized spacial score (nSPS) is 12.3. The highest BCUT2D eigenvalue weighted by Crippen LogP contribution is 2.38. The van der Waals surface area contributed by atoms with E-state index in [2.05, 4.69) is 13.8 Å². The minimum absolute atomic E-state index is 0.164. The number of hydrogen-bond acceptors (Lipinski definition) is 5. The molecular formula is C23H25ClO4S. The van der Waals surface area contributed by atoms with Gasteiger partial charge in [0.1, 0.15) is 0 Å². The molecule has 0 saturated carbocycles. The first kappa shape index (κ1) is 21.6. The molecule has 6 heteroatoms. The second-order valence-electron chi connectivity index (χ2n) is 7.22. The molecule has 0 aliphatic carbocycles.